The third kappa shape index (κ3) is 3.10. The quantitative estimate of drug-likeness (QED) is 0.896. The van der Waals surface area contributed by atoms with E-state index in [0.717, 1.165) is 19.4 Å². The molecule has 21 heavy (non-hydrogen) atoms. The summed E-state index contributed by atoms with van der Waals surface area (Å²) in [6.07, 6.45) is 2.96. The average Bonchev–Trinajstić information content (AvgIpc) is 2.50. The summed E-state index contributed by atoms with van der Waals surface area (Å²) < 4.78 is 14.1. The third-order valence-electron chi connectivity index (χ3n) is 4.83. The maximum atomic E-state index is 14.1. The molecule has 0 spiro atoms. The van der Waals surface area contributed by atoms with Gasteiger partial charge in [-0.3, -0.25) is 9.69 Å². The zero-order chi connectivity index (χ0) is 15.5. The van der Waals surface area contributed by atoms with Crippen molar-refractivity contribution in [1.29, 1.82) is 0 Å². The Hall–Kier alpha value is -1.42. The molecule has 1 aliphatic rings. The maximum absolute atomic E-state index is 14.1. The first-order valence-electron chi connectivity index (χ1n) is 7.76. The Morgan fingerprint density at radius 2 is 2.14 bits per heavy atom. The van der Waals surface area contributed by atoms with E-state index in [9.17, 15) is 14.3 Å². The van der Waals surface area contributed by atoms with Gasteiger partial charge in [0.2, 0.25) is 0 Å². The van der Waals surface area contributed by atoms with Crippen molar-refractivity contribution in [3.63, 3.8) is 0 Å². The lowest BCUT2D eigenvalue weighted by molar-refractivity contribution is -0.153. The molecular weight excluding hydrogens is 269 g/mol. The molecule has 0 bridgehead atoms. The van der Waals surface area contributed by atoms with Gasteiger partial charge in [-0.2, -0.15) is 0 Å². The Labute approximate surface area is 125 Å². The van der Waals surface area contributed by atoms with E-state index in [0.29, 0.717) is 24.9 Å². The number of hydrogen-bond acceptors (Lipinski definition) is 2. The molecule has 2 rings (SSSR count). The number of nitrogens with zero attached hydrogens (tertiary/aromatic N) is 1. The lowest BCUT2D eigenvalue weighted by atomic mass is 9.77. The van der Waals surface area contributed by atoms with Crippen LogP contribution in [0.15, 0.2) is 24.3 Å². The highest BCUT2D eigenvalue weighted by atomic mass is 19.1. The van der Waals surface area contributed by atoms with Crippen LogP contribution in [-0.4, -0.2) is 29.1 Å². The molecule has 4 heteroatoms. The van der Waals surface area contributed by atoms with Crippen molar-refractivity contribution in [3.05, 3.63) is 35.6 Å². The summed E-state index contributed by atoms with van der Waals surface area (Å²) in [5.74, 6) is -0.926. The van der Waals surface area contributed by atoms with Crippen molar-refractivity contribution in [3.8, 4) is 0 Å². The number of piperidine rings is 1. The number of halogens is 1. The number of aliphatic carboxylic acids is 1. The summed E-state index contributed by atoms with van der Waals surface area (Å²) in [5, 5.41) is 9.59. The summed E-state index contributed by atoms with van der Waals surface area (Å²) in [6, 6.07) is 6.78. The van der Waals surface area contributed by atoms with E-state index in [1.807, 2.05) is 26.0 Å². The molecule has 1 aromatic rings. The van der Waals surface area contributed by atoms with Crippen LogP contribution in [-0.2, 0) is 4.79 Å². The first-order chi connectivity index (χ1) is 10.0. The molecule has 1 aromatic carbocycles. The molecule has 0 amide bonds. The van der Waals surface area contributed by atoms with Gasteiger partial charge in [-0.1, -0.05) is 32.0 Å². The Balaban J connectivity index is 2.27. The van der Waals surface area contributed by atoms with Crippen molar-refractivity contribution in [2.75, 3.05) is 13.1 Å². The largest absolute Gasteiger partial charge is 0.481 e. The van der Waals surface area contributed by atoms with Gasteiger partial charge in [0.25, 0.3) is 0 Å². The van der Waals surface area contributed by atoms with Gasteiger partial charge in [-0.15, -0.1) is 0 Å². The Morgan fingerprint density at radius 1 is 1.43 bits per heavy atom. The number of benzene rings is 1. The highest BCUT2D eigenvalue weighted by Gasteiger charge is 2.42. The monoisotopic (exact) mass is 293 g/mol. The molecule has 1 aliphatic heterocycles. The second-order valence-corrected chi connectivity index (χ2v) is 5.96. The van der Waals surface area contributed by atoms with E-state index in [1.54, 1.807) is 6.07 Å². The Morgan fingerprint density at radius 3 is 2.71 bits per heavy atom. The maximum Gasteiger partial charge on any atom is 0.310 e. The Bertz CT molecular complexity index is 505. The highest BCUT2D eigenvalue weighted by Crippen LogP contribution is 2.38. The van der Waals surface area contributed by atoms with Gasteiger partial charge in [0, 0.05) is 18.2 Å². The van der Waals surface area contributed by atoms with E-state index in [4.69, 9.17) is 0 Å². The summed E-state index contributed by atoms with van der Waals surface area (Å²) in [7, 11) is 0. The van der Waals surface area contributed by atoms with E-state index in [2.05, 4.69) is 4.90 Å². The van der Waals surface area contributed by atoms with Gasteiger partial charge in [0.05, 0.1) is 5.41 Å². The predicted octanol–water partition coefficient (Wildman–Crippen LogP) is 3.85. The van der Waals surface area contributed by atoms with Crippen LogP contribution in [0.1, 0.15) is 51.1 Å². The normalized spacial score (nSPS) is 24.7. The van der Waals surface area contributed by atoms with Crippen LogP contribution in [0.5, 0.6) is 0 Å². The van der Waals surface area contributed by atoms with Crippen molar-refractivity contribution >= 4 is 5.97 Å². The molecule has 1 saturated heterocycles. The van der Waals surface area contributed by atoms with Crippen LogP contribution in [0.3, 0.4) is 0 Å². The molecule has 2 unspecified atom stereocenters. The lowest BCUT2D eigenvalue weighted by Crippen LogP contribution is -2.48. The van der Waals surface area contributed by atoms with Crippen LogP contribution in [0.25, 0.3) is 0 Å². The fourth-order valence-electron chi connectivity index (χ4n) is 3.47. The van der Waals surface area contributed by atoms with Crippen LogP contribution >= 0.6 is 0 Å². The fourth-order valence-corrected chi connectivity index (χ4v) is 3.47. The van der Waals surface area contributed by atoms with Gasteiger partial charge >= 0.3 is 5.97 Å². The zero-order valence-corrected chi connectivity index (χ0v) is 12.8. The molecule has 1 N–H and O–H groups in total. The van der Waals surface area contributed by atoms with E-state index < -0.39 is 11.4 Å². The number of hydrogen-bond donors (Lipinski definition) is 1. The van der Waals surface area contributed by atoms with Crippen molar-refractivity contribution < 1.29 is 14.3 Å². The Kier molecular flexibility index (Phi) is 4.99. The SMILES string of the molecule is CCC(c1ccccc1F)N1CCCC(CC)(C(=O)O)C1. The zero-order valence-electron chi connectivity index (χ0n) is 12.8. The van der Waals surface area contributed by atoms with Crippen molar-refractivity contribution in [2.45, 2.75) is 45.6 Å². The van der Waals surface area contributed by atoms with Gasteiger partial charge in [-0.05, 0) is 38.3 Å². The molecular formula is C17H24FNO2. The first kappa shape index (κ1) is 16.0. The molecule has 1 heterocycles. The second kappa shape index (κ2) is 6.56. The number of rotatable bonds is 5. The van der Waals surface area contributed by atoms with E-state index >= 15 is 0 Å². The minimum atomic E-state index is -0.724. The number of carbonyl (C=O) groups is 1. The second-order valence-electron chi connectivity index (χ2n) is 5.96. The molecule has 2 atom stereocenters. The molecule has 0 aliphatic carbocycles. The van der Waals surface area contributed by atoms with Gasteiger partial charge in [0.1, 0.15) is 5.82 Å². The van der Waals surface area contributed by atoms with Crippen LogP contribution < -0.4 is 0 Å². The molecule has 3 nitrogen and oxygen atoms in total. The molecule has 0 radical (unpaired) electrons. The standard InChI is InChI=1S/C17H24FNO2/c1-3-15(13-8-5-6-9-14(13)18)19-11-7-10-17(4-2,12-19)16(20)21/h5-6,8-9,15H,3-4,7,10-12H2,1-2H3,(H,20,21). The minimum Gasteiger partial charge on any atom is -0.481 e. The summed E-state index contributed by atoms with van der Waals surface area (Å²) >= 11 is 0. The highest BCUT2D eigenvalue weighted by molar-refractivity contribution is 5.75. The van der Waals surface area contributed by atoms with E-state index in [-0.39, 0.29) is 11.9 Å². The van der Waals surface area contributed by atoms with Crippen LogP contribution in [0.4, 0.5) is 4.39 Å². The molecule has 1 fully saturated rings. The lowest BCUT2D eigenvalue weighted by Gasteiger charge is -2.43. The molecule has 0 saturated carbocycles. The topological polar surface area (TPSA) is 40.5 Å². The molecule has 0 aromatic heterocycles. The molecule has 116 valence electrons. The van der Waals surface area contributed by atoms with Gasteiger partial charge in [-0.25, -0.2) is 4.39 Å². The number of carboxylic acid groups (broad SMARTS) is 1. The van der Waals surface area contributed by atoms with Gasteiger partial charge in [0.15, 0.2) is 0 Å². The summed E-state index contributed by atoms with van der Waals surface area (Å²) in [5.41, 5.74) is -0.00556. The van der Waals surface area contributed by atoms with Crippen LogP contribution in [0, 0.1) is 11.2 Å². The minimum absolute atomic E-state index is 0.0447. The smallest absolute Gasteiger partial charge is 0.310 e. The first-order valence-corrected chi connectivity index (χ1v) is 7.76. The average molecular weight is 293 g/mol. The van der Waals surface area contributed by atoms with Crippen molar-refractivity contribution in [1.82, 2.24) is 4.90 Å². The fraction of sp³-hybridized carbons (Fsp3) is 0.588. The van der Waals surface area contributed by atoms with Crippen LogP contribution in [0.2, 0.25) is 0 Å². The summed E-state index contributed by atoms with van der Waals surface area (Å²) in [6.45, 7) is 5.30. The summed E-state index contributed by atoms with van der Waals surface area (Å²) in [4.78, 5) is 13.8. The predicted molar refractivity (Wildman–Crippen MR) is 80.6 cm³/mol. The number of carboxylic acids is 1. The number of likely N-dealkylation sites (tertiary alicyclic amines) is 1. The van der Waals surface area contributed by atoms with E-state index in [1.165, 1.54) is 6.07 Å². The van der Waals surface area contributed by atoms with Crippen molar-refractivity contribution in [2.24, 2.45) is 5.41 Å². The van der Waals surface area contributed by atoms with Gasteiger partial charge < -0.3 is 5.11 Å². The third-order valence-corrected chi connectivity index (χ3v) is 4.83.